The van der Waals surface area contributed by atoms with Crippen LogP contribution in [-0.2, 0) is 19.1 Å². The quantitative estimate of drug-likeness (QED) is 0.132. The number of aryl methyl sites for hydroxylation is 1. The van der Waals surface area contributed by atoms with E-state index in [4.69, 9.17) is 9.47 Å². The Morgan fingerprint density at radius 2 is 1.49 bits per heavy atom. The fourth-order valence-corrected chi connectivity index (χ4v) is 2.81. The van der Waals surface area contributed by atoms with Crippen LogP contribution in [0.1, 0.15) is 19.4 Å². The molecule has 0 aliphatic carbocycles. The first-order valence-electron chi connectivity index (χ1n) is 10.8. The number of anilines is 1. The third-order valence-electron chi connectivity index (χ3n) is 4.76. The van der Waals surface area contributed by atoms with Crippen LogP contribution in [0.25, 0.3) is 0 Å². The second kappa shape index (κ2) is 12.8. The van der Waals surface area contributed by atoms with E-state index in [0.717, 1.165) is 11.3 Å². The number of esters is 2. The summed E-state index contributed by atoms with van der Waals surface area (Å²) in [7, 11) is 0. The summed E-state index contributed by atoms with van der Waals surface area (Å²) < 4.78 is 10.4. The van der Waals surface area contributed by atoms with Gasteiger partial charge in [0.25, 0.3) is 5.69 Å². The lowest BCUT2D eigenvalue weighted by molar-refractivity contribution is -0.384. The van der Waals surface area contributed by atoms with Crippen LogP contribution in [0.2, 0.25) is 0 Å². The highest BCUT2D eigenvalue weighted by Gasteiger charge is 2.12. The standard InChI is InChI=1S/C25H28N4O6/c1-17(2)24(30)34-14-12-28(13-15-35-25(31)18(3)4)22-10-11-23(19(5)16-22)27-26-20-6-8-21(9-7-20)29(32)33/h6-11,16H,1,3,12-15H2,2,4-5H3. The van der Waals surface area contributed by atoms with E-state index < -0.39 is 16.9 Å². The van der Waals surface area contributed by atoms with Crippen LogP contribution in [0.5, 0.6) is 0 Å². The molecule has 0 amide bonds. The Kier molecular flexibility index (Phi) is 9.83. The Morgan fingerprint density at radius 3 is 1.94 bits per heavy atom. The SMILES string of the molecule is C=C(C)C(=O)OCCN(CCOC(=O)C(=C)C)c1ccc(N=Nc2ccc([N+](=O)[O-])cc2)c(C)c1. The van der Waals surface area contributed by atoms with Gasteiger partial charge in [0.1, 0.15) is 13.2 Å². The minimum atomic E-state index is -0.478. The van der Waals surface area contributed by atoms with Gasteiger partial charge in [0.05, 0.1) is 29.4 Å². The zero-order chi connectivity index (χ0) is 26.0. The Labute approximate surface area is 203 Å². The summed E-state index contributed by atoms with van der Waals surface area (Å²) in [5.41, 5.74) is 3.35. The van der Waals surface area contributed by atoms with Crippen LogP contribution in [-0.4, -0.2) is 43.2 Å². The summed E-state index contributed by atoms with van der Waals surface area (Å²) in [5, 5.41) is 19.2. The average molecular weight is 481 g/mol. The molecule has 0 bridgehead atoms. The van der Waals surface area contributed by atoms with E-state index in [1.165, 1.54) is 24.3 Å². The summed E-state index contributed by atoms with van der Waals surface area (Å²) in [5.74, 6) is -0.950. The molecule has 10 heteroatoms. The molecule has 0 aliphatic heterocycles. The maximum absolute atomic E-state index is 11.7. The maximum Gasteiger partial charge on any atom is 0.333 e. The van der Waals surface area contributed by atoms with Gasteiger partial charge in [-0.2, -0.15) is 10.2 Å². The van der Waals surface area contributed by atoms with Gasteiger partial charge in [-0.25, -0.2) is 9.59 Å². The first kappa shape index (κ1) is 26.9. The van der Waals surface area contributed by atoms with Gasteiger partial charge >= 0.3 is 11.9 Å². The van der Waals surface area contributed by atoms with Gasteiger partial charge in [-0.15, -0.1) is 0 Å². The number of carbonyl (C=O) groups excluding carboxylic acids is 2. The molecule has 2 rings (SSSR count). The van der Waals surface area contributed by atoms with Gasteiger partial charge in [0.2, 0.25) is 0 Å². The fraction of sp³-hybridized carbons (Fsp3) is 0.280. The molecule has 0 spiro atoms. The van der Waals surface area contributed by atoms with Crippen molar-refractivity contribution in [2.45, 2.75) is 20.8 Å². The van der Waals surface area contributed by atoms with Crippen molar-refractivity contribution < 1.29 is 24.0 Å². The third-order valence-corrected chi connectivity index (χ3v) is 4.76. The van der Waals surface area contributed by atoms with E-state index in [2.05, 4.69) is 23.4 Å². The lowest BCUT2D eigenvalue weighted by Crippen LogP contribution is -2.32. The van der Waals surface area contributed by atoms with Crippen molar-refractivity contribution in [2.75, 3.05) is 31.2 Å². The second-order valence-corrected chi connectivity index (χ2v) is 7.76. The van der Waals surface area contributed by atoms with Crippen LogP contribution >= 0.6 is 0 Å². The minimum Gasteiger partial charge on any atom is -0.460 e. The summed E-state index contributed by atoms with van der Waals surface area (Å²) >= 11 is 0. The largest absolute Gasteiger partial charge is 0.460 e. The molecule has 35 heavy (non-hydrogen) atoms. The van der Waals surface area contributed by atoms with Gasteiger partial charge in [0.15, 0.2) is 0 Å². The first-order valence-corrected chi connectivity index (χ1v) is 10.8. The van der Waals surface area contributed by atoms with E-state index in [-0.39, 0.29) is 18.9 Å². The molecule has 0 N–H and O–H groups in total. The predicted molar refractivity (Wildman–Crippen MR) is 132 cm³/mol. The molecule has 0 aromatic heterocycles. The van der Waals surface area contributed by atoms with Crippen molar-refractivity contribution in [3.05, 3.63) is 82.4 Å². The molecule has 2 aromatic rings. The summed E-state index contributed by atoms with van der Waals surface area (Å²) in [6.45, 7) is 13.1. The second-order valence-electron chi connectivity index (χ2n) is 7.76. The van der Waals surface area contributed by atoms with Gasteiger partial charge in [-0.1, -0.05) is 13.2 Å². The van der Waals surface area contributed by atoms with Gasteiger partial charge in [-0.3, -0.25) is 10.1 Å². The van der Waals surface area contributed by atoms with Crippen molar-refractivity contribution in [1.82, 2.24) is 0 Å². The van der Waals surface area contributed by atoms with Gasteiger partial charge < -0.3 is 14.4 Å². The highest BCUT2D eigenvalue weighted by Crippen LogP contribution is 2.27. The number of carbonyl (C=O) groups is 2. The first-order chi connectivity index (χ1) is 16.6. The minimum absolute atomic E-state index is 0.0209. The lowest BCUT2D eigenvalue weighted by Gasteiger charge is -2.25. The van der Waals surface area contributed by atoms with E-state index >= 15 is 0 Å². The number of hydrogen-bond donors (Lipinski definition) is 0. The van der Waals surface area contributed by atoms with E-state index in [1.807, 2.05) is 24.0 Å². The number of hydrogen-bond acceptors (Lipinski definition) is 9. The monoisotopic (exact) mass is 480 g/mol. The number of rotatable bonds is 12. The van der Waals surface area contributed by atoms with Crippen LogP contribution in [0.3, 0.4) is 0 Å². The van der Waals surface area contributed by atoms with E-state index in [9.17, 15) is 19.7 Å². The molecule has 0 aliphatic rings. The van der Waals surface area contributed by atoms with Gasteiger partial charge in [0, 0.05) is 29.0 Å². The molecule has 0 saturated heterocycles. The number of nitro groups is 1. The number of non-ortho nitro benzene ring substituents is 1. The van der Waals surface area contributed by atoms with E-state index in [1.54, 1.807) is 19.9 Å². The molecule has 0 atom stereocenters. The van der Waals surface area contributed by atoms with Gasteiger partial charge in [-0.05, 0) is 56.7 Å². The Balaban J connectivity index is 2.13. The molecule has 184 valence electrons. The molecular formula is C25H28N4O6. The summed E-state index contributed by atoms with van der Waals surface area (Å²) in [6, 6.07) is 11.3. The number of nitro benzene ring substituents is 1. The molecule has 0 heterocycles. The van der Waals surface area contributed by atoms with Crippen LogP contribution < -0.4 is 4.90 Å². The van der Waals surface area contributed by atoms with Crippen LogP contribution in [0.15, 0.2) is 77.0 Å². The van der Waals surface area contributed by atoms with Crippen LogP contribution in [0, 0.1) is 17.0 Å². The van der Waals surface area contributed by atoms with Crippen molar-refractivity contribution in [1.29, 1.82) is 0 Å². The van der Waals surface area contributed by atoms with Crippen LogP contribution in [0.4, 0.5) is 22.7 Å². The van der Waals surface area contributed by atoms with Crippen molar-refractivity contribution in [3.63, 3.8) is 0 Å². The smallest absolute Gasteiger partial charge is 0.333 e. The predicted octanol–water partition coefficient (Wildman–Crippen LogP) is 5.36. The van der Waals surface area contributed by atoms with Crippen molar-refractivity contribution >= 4 is 34.7 Å². The molecular weight excluding hydrogens is 452 g/mol. The van der Waals surface area contributed by atoms with Crippen molar-refractivity contribution in [2.24, 2.45) is 10.2 Å². The number of azo groups is 1. The Bertz CT molecular complexity index is 1110. The molecule has 0 saturated carbocycles. The fourth-order valence-electron chi connectivity index (χ4n) is 2.81. The lowest BCUT2D eigenvalue weighted by atomic mass is 10.1. The number of benzene rings is 2. The Morgan fingerprint density at radius 1 is 0.943 bits per heavy atom. The highest BCUT2D eigenvalue weighted by molar-refractivity contribution is 5.87. The highest BCUT2D eigenvalue weighted by atomic mass is 16.6. The van der Waals surface area contributed by atoms with Crippen molar-refractivity contribution in [3.8, 4) is 0 Å². The zero-order valence-electron chi connectivity index (χ0n) is 20.0. The topological polar surface area (TPSA) is 124 Å². The summed E-state index contributed by atoms with van der Waals surface area (Å²) in [4.78, 5) is 35.6. The average Bonchev–Trinajstić information content (AvgIpc) is 2.82. The molecule has 0 radical (unpaired) electrons. The molecule has 0 unspecified atom stereocenters. The third kappa shape index (κ3) is 8.50. The normalized spacial score (nSPS) is 10.6. The molecule has 0 fully saturated rings. The summed E-state index contributed by atoms with van der Waals surface area (Å²) in [6.07, 6.45) is 0. The Hall–Kier alpha value is -4.34. The maximum atomic E-state index is 11.7. The molecule has 2 aromatic carbocycles. The zero-order valence-corrected chi connectivity index (χ0v) is 20.0. The molecule has 10 nitrogen and oxygen atoms in total. The number of ether oxygens (including phenoxy) is 2. The van der Waals surface area contributed by atoms with E-state index in [0.29, 0.717) is 35.6 Å². The number of nitrogens with zero attached hydrogens (tertiary/aromatic N) is 4.